The van der Waals surface area contributed by atoms with Crippen LogP contribution >= 0.6 is 43.5 Å². The van der Waals surface area contributed by atoms with Crippen molar-refractivity contribution in [3.63, 3.8) is 0 Å². The topological polar surface area (TPSA) is 29.1 Å². The maximum absolute atomic E-state index is 11.9. The van der Waals surface area contributed by atoms with Gasteiger partial charge in [-0.25, -0.2) is 0 Å². The van der Waals surface area contributed by atoms with Crippen LogP contribution in [-0.2, 0) is 0 Å². The molecule has 0 fully saturated rings. The van der Waals surface area contributed by atoms with Crippen molar-refractivity contribution < 1.29 is 4.79 Å². The number of halogens is 3. The van der Waals surface area contributed by atoms with E-state index in [0.29, 0.717) is 10.6 Å². The zero-order valence-electron chi connectivity index (χ0n) is 8.77. The number of alkyl halides is 1. The van der Waals surface area contributed by atoms with E-state index in [2.05, 4.69) is 37.2 Å². The maximum atomic E-state index is 11.9. The largest absolute Gasteiger partial charge is 0.350 e. The SMILES string of the molecule is CC(CCBr)NC(=O)c1cc(Cl)ccc1Br. The average Bonchev–Trinajstić information content (AvgIpc) is 2.21. The van der Waals surface area contributed by atoms with Crippen molar-refractivity contribution in [3.05, 3.63) is 33.3 Å². The molecule has 88 valence electrons. The number of rotatable bonds is 4. The van der Waals surface area contributed by atoms with Gasteiger partial charge in [-0.05, 0) is 47.5 Å². The van der Waals surface area contributed by atoms with Gasteiger partial charge in [0.25, 0.3) is 5.91 Å². The van der Waals surface area contributed by atoms with E-state index >= 15 is 0 Å². The molecule has 1 aromatic carbocycles. The molecule has 1 amide bonds. The van der Waals surface area contributed by atoms with Crippen LogP contribution in [0.25, 0.3) is 0 Å². The molecule has 1 atom stereocenters. The zero-order chi connectivity index (χ0) is 12.1. The molecule has 0 saturated heterocycles. The van der Waals surface area contributed by atoms with Gasteiger partial charge < -0.3 is 5.32 Å². The second-order valence-electron chi connectivity index (χ2n) is 3.48. The first kappa shape index (κ1) is 14.0. The maximum Gasteiger partial charge on any atom is 0.252 e. The van der Waals surface area contributed by atoms with Gasteiger partial charge >= 0.3 is 0 Å². The van der Waals surface area contributed by atoms with Gasteiger partial charge in [-0.15, -0.1) is 0 Å². The molecule has 0 bridgehead atoms. The molecule has 0 spiro atoms. The highest BCUT2D eigenvalue weighted by Gasteiger charge is 2.12. The summed E-state index contributed by atoms with van der Waals surface area (Å²) < 4.78 is 0.750. The lowest BCUT2D eigenvalue weighted by Crippen LogP contribution is -2.32. The molecule has 0 aliphatic heterocycles. The van der Waals surface area contributed by atoms with Crippen LogP contribution in [0, 0.1) is 0 Å². The summed E-state index contributed by atoms with van der Waals surface area (Å²) in [7, 11) is 0. The van der Waals surface area contributed by atoms with Crippen LogP contribution in [0.2, 0.25) is 5.02 Å². The Bertz CT molecular complexity index is 384. The van der Waals surface area contributed by atoms with Gasteiger partial charge in [0.05, 0.1) is 5.56 Å². The lowest BCUT2D eigenvalue weighted by Gasteiger charge is -2.13. The molecule has 0 saturated carbocycles. The zero-order valence-corrected chi connectivity index (χ0v) is 12.7. The third-order valence-corrected chi connectivity index (χ3v) is 3.48. The number of amides is 1. The molecule has 1 unspecified atom stereocenters. The van der Waals surface area contributed by atoms with Crippen LogP contribution < -0.4 is 5.32 Å². The van der Waals surface area contributed by atoms with Crippen LogP contribution in [0.5, 0.6) is 0 Å². The third-order valence-electron chi connectivity index (χ3n) is 2.09. The summed E-state index contributed by atoms with van der Waals surface area (Å²) in [4.78, 5) is 11.9. The first-order valence-electron chi connectivity index (χ1n) is 4.86. The van der Waals surface area contributed by atoms with E-state index < -0.39 is 0 Å². The quantitative estimate of drug-likeness (QED) is 0.799. The molecule has 0 aliphatic rings. The number of benzene rings is 1. The fourth-order valence-corrected chi connectivity index (χ4v) is 2.49. The highest BCUT2D eigenvalue weighted by Crippen LogP contribution is 2.21. The van der Waals surface area contributed by atoms with E-state index in [0.717, 1.165) is 16.2 Å². The fourth-order valence-electron chi connectivity index (χ4n) is 1.21. The van der Waals surface area contributed by atoms with Crippen LogP contribution in [0.1, 0.15) is 23.7 Å². The van der Waals surface area contributed by atoms with Crippen molar-refractivity contribution in [2.45, 2.75) is 19.4 Å². The second-order valence-corrected chi connectivity index (χ2v) is 5.56. The van der Waals surface area contributed by atoms with Gasteiger partial charge in [0, 0.05) is 20.9 Å². The van der Waals surface area contributed by atoms with Gasteiger partial charge in [-0.2, -0.15) is 0 Å². The van der Waals surface area contributed by atoms with E-state index in [1.165, 1.54) is 0 Å². The van der Waals surface area contributed by atoms with E-state index in [9.17, 15) is 4.79 Å². The number of hydrogen-bond acceptors (Lipinski definition) is 1. The van der Waals surface area contributed by atoms with E-state index in [-0.39, 0.29) is 11.9 Å². The monoisotopic (exact) mass is 367 g/mol. The highest BCUT2D eigenvalue weighted by molar-refractivity contribution is 9.10. The number of carbonyl (C=O) groups is 1. The molecular weight excluding hydrogens is 357 g/mol. The number of carbonyl (C=O) groups excluding carboxylic acids is 1. The molecule has 1 aromatic rings. The summed E-state index contributed by atoms with van der Waals surface area (Å²) >= 11 is 12.5. The first-order chi connectivity index (χ1) is 7.54. The van der Waals surface area contributed by atoms with Crippen molar-refractivity contribution in [3.8, 4) is 0 Å². The summed E-state index contributed by atoms with van der Waals surface area (Å²) in [6, 6.07) is 5.30. The van der Waals surface area contributed by atoms with Crippen LogP contribution in [-0.4, -0.2) is 17.3 Å². The van der Waals surface area contributed by atoms with Gasteiger partial charge in [-0.1, -0.05) is 27.5 Å². The van der Waals surface area contributed by atoms with E-state index in [1.54, 1.807) is 18.2 Å². The summed E-state index contributed by atoms with van der Waals surface area (Å²) in [5.74, 6) is -0.108. The predicted molar refractivity (Wildman–Crippen MR) is 74.5 cm³/mol. The van der Waals surface area contributed by atoms with Crippen LogP contribution in [0.15, 0.2) is 22.7 Å². The van der Waals surface area contributed by atoms with Gasteiger partial charge in [0.2, 0.25) is 0 Å². The Morgan fingerprint density at radius 3 is 2.88 bits per heavy atom. The third kappa shape index (κ3) is 4.07. The smallest absolute Gasteiger partial charge is 0.252 e. The molecule has 0 aliphatic carbocycles. The molecule has 2 nitrogen and oxygen atoms in total. The van der Waals surface area contributed by atoms with Gasteiger partial charge in [-0.3, -0.25) is 4.79 Å². The lowest BCUT2D eigenvalue weighted by molar-refractivity contribution is 0.0939. The van der Waals surface area contributed by atoms with Gasteiger partial charge in [0.1, 0.15) is 0 Å². The standard InChI is InChI=1S/C11H12Br2ClNO/c1-7(4-5-12)15-11(16)9-6-8(14)2-3-10(9)13/h2-3,6-7H,4-5H2,1H3,(H,15,16). The molecule has 1 rings (SSSR count). The second kappa shape index (κ2) is 6.62. The van der Waals surface area contributed by atoms with Crippen molar-refractivity contribution in [1.82, 2.24) is 5.32 Å². The Balaban J connectivity index is 2.76. The highest BCUT2D eigenvalue weighted by atomic mass is 79.9. The molecule has 0 radical (unpaired) electrons. The normalized spacial score (nSPS) is 12.2. The Hall–Kier alpha value is -0.0600. The Morgan fingerprint density at radius 1 is 1.56 bits per heavy atom. The first-order valence-corrected chi connectivity index (χ1v) is 7.15. The van der Waals surface area contributed by atoms with E-state index in [4.69, 9.17) is 11.6 Å². The van der Waals surface area contributed by atoms with E-state index in [1.807, 2.05) is 6.92 Å². The fraction of sp³-hybridized carbons (Fsp3) is 0.364. The Kier molecular flexibility index (Phi) is 5.79. The van der Waals surface area contributed by atoms with Gasteiger partial charge in [0.15, 0.2) is 0 Å². The minimum Gasteiger partial charge on any atom is -0.350 e. The summed E-state index contributed by atoms with van der Waals surface area (Å²) in [6.45, 7) is 1.97. The Labute approximate surface area is 117 Å². The Morgan fingerprint density at radius 2 is 2.25 bits per heavy atom. The lowest BCUT2D eigenvalue weighted by atomic mass is 10.2. The summed E-state index contributed by atoms with van der Waals surface area (Å²) in [5, 5.41) is 4.33. The number of nitrogens with one attached hydrogen (secondary N) is 1. The van der Waals surface area contributed by atoms with Crippen molar-refractivity contribution in [2.24, 2.45) is 0 Å². The molecule has 16 heavy (non-hydrogen) atoms. The average molecular weight is 369 g/mol. The molecular formula is C11H12Br2ClNO. The summed E-state index contributed by atoms with van der Waals surface area (Å²) in [5.41, 5.74) is 0.564. The molecule has 5 heteroatoms. The minimum atomic E-state index is -0.108. The number of hydrogen-bond donors (Lipinski definition) is 1. The minimum absolute atomic E-state index is 0.108. The van der Waals surface area contributed by atoms with Crippen molar-refractivity contribution in [2.75, 3.05) is 5.33 Å². The molecule has 0 heterocycles. The van der Waals surface area contributed by atoms with Crippen molar-refractivity contribution in [1.29, 1.82) is 0 Å². The summed E-state index contributed by atoms with van der Waals surface area (Å²) in [6.07, 6.45) is 0.893. The molecule has 0 aromatic heterocycles. The molecule has 1 N–H and O–H groups in total. The van der Waals surface area contributed by atoms with Crippen LogP contribution in [0.3, 0.4) is 0 Å². The van der Waals surface area contributed by atoms with Crippen molar-refractivity contribution >= 4 is 49.4 Å². The predicted octanol–water partition coefficient (Wildman–Crippen LogP) is 4.01. The van der Waals surface area contributed by atoms with Crippen LogP contribution in [0.4, 0.5) is 0 Å².